The molecule has 0 aliphatic heterocycles. The van der Waals surface area contributed by atoms with Crippen LogP contribution in [-0.2, 0) is 4.79 Å². The van der Waals surface area contributed by atoms with E-state index in [2.05, 4.69) is 20.9 Å². The number of hydrogen-bond donors (Lipinski definition) is 3. The number of benzene rings is 1. The summed E-state index contributed by atoms with van der Waals surface area (Å²) in [4.78, 5) is 16.2. The minimum Gasteiger partial charge on any atom is -0.489 e. The molecule has 1 aromatic carbocycles. The lowest BCUT2D eigenvalue weighted by Gasteiger charge is -2.15. The summed E-state index contributed by atoms with van der Waals surface area (Å²) in [6.45, 7) is 11.8. The molecular formula is C19H33IN4O2. The molecule has 148 valence electrons. The first-order chi connectivity index (χ1) is 11.9. The summed E-state index contributed by atoms with van der Waals surface area (Å²) in [5, 5.41) is 9.22. The third-order valence-corrected chi connectivity index (χ3v) is 3.27. The number of nitrogens with one attached hydrogen (secondary N) is 3. The second kappa shape index (κ2) is 13.7. The van der Waals surface area contributed by atoms with Gasteiger partial charge in [-0.25, -0.2) is 4.99 Å². The van der Waals surface area contributed by atoms with Crippen molar-refractivity contribution in [3.8, 4) is 5.75 Å². The number of hydrogen-bond acceptors (Lipinski definition) is 3. The minimum absolute atomic E-state index is 0. The maximum absolute atomic E-state index is 11.7. The quantitative estimate of drug-likeness (QED) is 0.291. The molecular weight excluding hydrogens is 443 g/mol. The molecule has 26 heavy (non-hydrogen) atoms. The number of ether oxygens (including phenoxy) is 1. The first-order valence-corrected chi connectivity index (χ1v) is 8.95. The molecule has 0 bridgehead atoms. The van der Waals surface area contributed by atoms with Gasteiger partial charge in [-0.15, -0.1) is 24.0 Å². The minimum atomic E-state index is -0.0403. The van der Waals surface area contributed by atoms with Gasteiger partial charge in [0.2, 0.25) is 5.91 Å². The molecule has 1 atom stereocenters. The number of carbonyl (C=O) groups is 1. The van der Waals surface area contributed by atoms with Gasteiger partial charge in [-0.3, -0.25) is 4.79 Å². The number of aliphatic imine (C=N–C) groups is 1. The number of halogens is 1. The maximum Gasteiger partial charge on any atom is 0.221 e. The zero-order valence-electron chi connectivity index (χ0n) is 16.5. The standard InChI is InChI=1S/C19H32N4O2.HI/c1-6-20-19(21-11-10-18(24)23-14(2)3)22-13-16(5)25-17-9-7-8-15(4)12-17;/h7-9,12,14,16H,6,10-11,13H2,1-5H3,(H,23,24)(H2,20,21,22);1H. The van der Waals surface area contributed by atoms with Gasteiger partial charge in [-0.2, -0.15) is 0 Å². The maximum atomic E-state index is 11.7. The lowest BCUT2D eigenvalue weighted by Crippen LogP contribution is -2.40. The second-order valence-corrected chi connectivity index (χ2v) is 6.36. The fourth-order valence-corrected chi connectivity index (χ4v) is 2.21. The van der Waals surface area contributed by atoms with Crippen LogP contribution in [0.5, 0.6) is 5.75 Å². The van der Waals surface area contributed by atoms with Crippen molar-refractivity contribution in [1.29, 1.82) is 0 Å². The van der Waals surface area contributed by atoms with Gasteiger partial charge >= 0.3 is 0 Å². The van der Waals surface area contributed by atoms with Crippen molar-refractivity contribution >= 4 is 35.8 Å². The van der Waals surface area contributed by atoms with Crippen molar-refractivity contribution in [1.82, 2.24) is 16.0 Å². The fourth-order valence-electron chi connectivity index (χ4n) is 2.21. The van der Waals surface area contributed by atoms with Gasteiger partial charge < -0.3 is 20.7 Å². The molecule has 0 aliphatic carbocycles. The van der Waals surface area contributed by atoms with Crippen molar-refractivity contribution in [2.75, 3.05) is 19.6 Å². The number of rotatable bonds is 9. The fraction of sp³-hybridized carbons (Fsp3) is 0.579. The van der Waals surface area contributed by atoms with Crippen molar-refractivity contribution in [2.24, 2.45) is 4.99 Å². The molecule has 0 heterocycles. The molecule has 0 fully saturated rings. The Morgan fingerprint density at radius 3 is 2.58 bits per heavy atom. The van der Waals surface area contributed by atoms with E-state index in [1.54, 1.807) is 0 Å². The molecule has 1 rings (SSSR count). The van der Waals surface area contributed by atoms with Crippen molar-refractivity contribution in [2.45, 2.75) is 53.2 Å². The van der Waals surface area contributed by atoms with Crippen LogP contribution in [0.3, 0.4) is 0 Å². The summed E-state index contributed by atoms with van der Waals surface area (Å²) in [5.41, 5.74) is 1.17. The number of aryl methyl sites for hydroxylation is 1. The van der Waals surface area contributed by atoms with Crippen LogP contribution in [0.15, 0.2) is 29.3 Å². The molecule has 0 aromatic heterocycles. The van der Waals surface area contributed by atoms with E-state index in [0.717, 1.165) is 12.3 Å². The van der Waals surface area contributed by atoms with E-state index in [1.807, 2.05) is 58.9 Å². The van der Waals surface area contributed by atoms with Gasteiger partial charge in [0.25, 0.3) is 0 Å². The Hall–Kier alpha value is -1.51. The highest BCUT2D eigenvalue weighted by molar-refractivity contribution is 14.0. The van der Waals surface area contributed by atoms with E-state index >= 15 is 0 Å². The number of amides is 1. The lowest BCUT2D eigenvalue weighted by atomic mass is 10.2. The SMILES string of the molecule is CCNC(=NCC(C)Oc1cccc(C)c1)NCCC(=O)NC(C)C.I. The predicted molar refractivity (Wildman–Crippen MR) is 119 cm³/mol. The van der Waals surface area contributed by atoms with Crippen molar-refractivity contribution in [3.63, 3.8) is 0 Å². The topological polar surface area (TPSA) is 74.8 Å². The van der Waals surface area contributed by atoms with E-state index in [0.29, 0.717) is 25.5 Å². The third kappa shape index (κ3) is 11.2. The summed E-state index contributed by atoms with van der Waals surface area (Å²) in [7, 11) is 0. The van der Waals surface area contributed by atoms with Gasteiger partial charge in [-0.05, 0) is 52.3 Å². The molecule has 3 N–H and O–H groups in total. The second-order valence-electron chi connectivity index (χ2n) is 6.36. The molecule has 0 saturated carbocycles. The lowest BCUT2D eigenvalue weighted by molar-refractivity contribution is -0.121. The van der Waals surface area contributed by atoms with Crippen molar-refractivity contribution in [3.05, 3.63) is 29.8 Å². The van der Waals surface area contributed by atoms with Crippen LogP contribution < -0.4 is 20.7 Å². The molecule has 7 heteroatoms. The first-order valence-electron chi connectivity index (χ1n) is 8.95. The molecule has 1 unspecified atom stereocenters. The Kier molecular flexibility index (Phi) is 12.9. The van der Waals surface area contributed by atoms with Gasteiger partial charge in [0.1, 0.15) is 11.9 Å². The molecule has 0 aliphatic rings. The smallest absolute Gasteiger partial charge is 0.221 e. The number of guanidine groups is 1. The third-order valence-electron chi connectivity index (χ3n) is 3.27. The van der Waals surface area contributed by atoms with Crippen LogP contribution in [0, 0.1) is 6.92 Å². The Balaban J connectivity index is 0.00000625. The highest BCUT2D eigenvalue weighted by Gasteiger charge is 2.06. The molecule has 6 nitrogen and oxygen atoms in total. The Bertz CT molecular complexity index is 564. The highest BCUT2D eigenvalue weighted by atomic mass is 127. The number of nitrogens with zero attached hydrogens (tertiary/aromatic N) is 1. The van der Waals surface area contributed by atoms with E-state index in [4.69, 9.17) is 4.74 Å². The van der Waals surface area contributed by atoms with Crippen LogP contribution in [0.2, 0.25) is 0 Å². The van der Waals surface area contributed by atoms with Gasteiger partial charge in [0.15, 0.2) is 5.96 Å². The van der Waals surface area contributed by atoms with E-state index < -0.39 is 0 Å². The van der Waals surface area contributed by atoms with E-state index in [-0.39, 0.29) is 42.0 Å². The monoisotopic (exact) mass is 476 g/mol. The Labute approximate surface area is 174 Å². The van der Waals surface area contributed by atoms with Gasteiger partial charge in [0, 0.05) is 25.6 Å². The zero-order chi connectivity index (χ0) is 18.7. The zero-order valence-corrected chi connectivity index (χ0v) is 18.8. The molecule has 0 saturated heterocycles. The summed E-state index contributed by atoms with van der Waals surface area (Å²) in [6.07, 6.45) is 0.374. The van der Waals surface area contributed by atoms with Gasteiger partial charge in [-0.1, -0.05) is 12.1 Å². The molecule has 0 radical (unpaired) electrons. The Morgan fingerprint density at radius 1 is 1.23 bits per heavy atom. The molecule has 0 spiro atoms. The summed E-state index contributed by atoms with van der Waals surface area (Å²) < 4.78 is 5.88. The van der Waals surface area contributed by atoms with E-state index in [9.17, 15) is 4.79 Å². The average molecular weight is 476 g/mol. The van der Waals surface area contributed by atoms with Crippen LogP contribution in [-0.4, -0.2) is 43.6 Å². The van der Waals surface area contributed by atoms with Crippen LogP contribution >= 0.6 is 24.0 Å². The predicted octanol–water partition coefficient (Wildman–Crippen LogP) is 2.85. The van der Waals surface area contributed by atoms with Crippen LogP contribution in [0.1, 0.15) is 39.7 Å². The normalized spacial score (nSPS) is 12.2. The first kappa shape index (κ1) is 24.5. The largest absolute Gasteiger partial charge is 0.489 e. The van der Waals surface area contributed by atoms with E-state index in [1.165, 1.54) is 5.56 Å². The summed E-state index contributed by atoms with van der Waals surface area (Å²) in [5.74, 6) is 1.58. The van der Waals surface area contributed by atoms with Gasteiger partial charge in [0.05, 0.1) is 6.54 Å². The number of carbonyl (C=O) groups excluding carboxylic acids is 1. The highest BCUT2D eigenvalue weighted by Crippen LogP contribution is 2.14. The van der Waals surface area contributed by atoms with Crippen LogP contribution in [0.25, 0.3) is 0 Å². The average Bonchev–Trinajstić information content (AvgIpc) is 2.52. The van der Waals surface area contributed by atoms with Crippen molar-refractivity contribution < 1.29 is 9.53 Å². The van der Waals surface area contributed by atoms with Crippen LogP contribution in [0.4, 0.5) is 0 Å². The summed E-state index contributed by atoms with van der Waals surface area (Å²) >= 11 is 0. The summed E-state index contributed by atoms with van der Waals surface area (Å²) in [6, 6.07) is 8.14. The molecule has 1 aromatic rings. The molecule has 1 amide bonds. The Morgan fingerprint density at radius 2 is 1.96 bits per heavy atom.